The number of halogens is 2. The summed E-state index contributed by atoms with van der Waals surface area (Å²) in [6.07, 6.45) is 1.78. The molecule has 0 atom stereocenters. The standard InChI is InChI=1S/C15H13F2N3/c1-20-15-3-2-14(6-11(15)9-19-20)18-8-10-4-12(16)7-13(17)5-10/h2-7,9,18H,8H2,1H3. The summed E-state index contributed by atoms with van der Waals surface area (Å²) in [6.45, 7) is 0.362. The predicted molar refractivity (Wildman–Crippen MR) is 74.4 cm³/mol. The monoisotopic (exact) mass is 273 g/mol. The molecule has 1 N–H and O–H groups in total. The van der Waals surface area contributed by atoms with E-state index in [1.807, 2.05) is 25.2 Å². The molecule has 20 heavy (non-hydrogen) atoms. The highest BCUT2D eigenvalue weighted by Gasteiger charge is 2.03. The zero-order valence-electron chi connectivity index (χ0n) is 10.9. The first kappa shape index (κ1) is 12.6. The van der Waals surface area contributed by atoms with Crippen molar-refractivity contribution in [2.75, 3.05) is 5.32 Å². The lowest BCUT2D eigenvalue weighted by Gasteiger charge is -2.07. The molecule has 0 aliphatic rings. The molecule has 0 bridgehead atoms. The zero-order chi connectivity index (χ0) is 14.1. The Bertz CT molecular complexity index is 745. The number of rotatable bonds is 3. The molecule has 3 nitrogen and oxygen atoms in total. The Labute approximate surface area is 114 Å². The van der Waals surface area contributed by atoms with Gasteiger partial charge in [0.1, 0.15) is 11.6 Å². The van der Waals surface area contributed by atoms with E-state index in [4.69, 9.17) is 0 Å². The lowest BCUT2D eigenvalue weighted by Crippen LogP contribution is -2.00. The van der Waals surface area contributed by atoms with Crippen molar-refractivity contribution in [1.29, 1.82) is 0 Å². The number of benzene rings is 2. The smallest absolute Gasteiger partial charge is 0.126 e. The molecule has 0 unspecified atom stereocenters. The van der Waals surface area contributed by atoms with Crippen LogP contribution in [0, 0.1) is 11.6 Å². The third-order valence-electron chi connectivity index (χ3n) is 3.17. The summed E-state index contributed by atoms with van der Waals surface area (Å²) in [5, 5.41) is 8.33. The van der Waals surface area contributed by atoms with Crippen LogP contribution in [0.1, 0.15) is 5.56 Å². The van der Waals surface area contributed by atoms with E-state index in [0.29, 0.717) is 12.1 Å². The number of anilines is 1. The SMILES string of the molecule is Cn1ncc2cc(NCc3cc(F)cc(F)c3)ccc21. The lowest BCUT2D eigenvalue weighted by atomic mass is 10.2. The van der Waals surface area contributed by atoms with E-state index in [0.717, 1.165) is 22.7 Å². The van der Waals surface area contributed by atoms with Crippen LogP contribution < -0.4 is 5.32 Å². The van der Waals surface area contributed by atoms with Crippen molar-refractivity contribution in [3.8, 4) is 0 Å². The Morgan fingerprint density at radius 1 is 1.10 bits per heavy atom. The summed E-state index contributed by atoms with van der Waals surface area (Å²) >= 11 is 0. The number of hydrogen-bond acceptors (Lipinski definition) is 2. The molecule has 0 aliphatic carbocycles. The van der Waals surface area contributed by atoms with Crippen LogP contribution in [0.3, 0.4) is 0 Å². The van der Waals surface area contributed by atoms with Gasteiger partial charge in [-0.15, -0.1) is 0 Å². The van der Waals surface area contributed by atoms with Crippen LogP contribution >= 0.6 is 0 Å². The van der Waals surface area contributed by atoms with E-state index >= 15 is 0 Å². The first-order valence-corrected chi connectivity index (χ1v) is 6.22. The Hall–Kier alpha value is -2.43. The quantitative estimate of drug-likeness (QED) is 0.792. The van der Waals surface area contributed by atoms with E-state index in [1.165, 1.54) is 12.1 Å². The van der Waals surface area contributed by atoms with Gasteiger partial charge in [0.05, 0.1) is 11.7 Å². The third kappa shape index (κ3) is 2.47. The van der Waals surface area contributed by atoms with Crippen LogP contribution in [0.15, 0.2) is 42.6 Å². The second-order valence-electron chi connectivity index (χ2n) is 4.67. The Kier molecular flexibility index (Phi) is 3.10. The summed E-state index contributed by atoms with van der Waals surface area (Å²) in [5.41, 5.74) is 2.48. The number of hydrogen-bond donors (Lipinski definition) is 1. The van der Waals surface area contributed by atoms with Crippen LogP contribution in [0.4, 0.5) is 14.5 Å². The van der Waals surface area contributed by atoms with Gasteiger partial charge in [0.25, 0.3) is 0 Å². The number of nitrogens with zero attached hydrogens (tertiary/aromatic N) is 2. The van der Waals surface area contributed by atoms with E-state index < -0.39 is 11.6 Å². The van der Waals surface area contributed by atoms with E-state index in [9.17, 15) is 8.78 Å². The van der Waals surface area contributed by atoms with Crippen LogP contribution in [0.2, 0.25) is 0 Å². The molecule has 0 radical (unpaired) electrons. The highest BCUT2D eigenvalue weighted by atomic mass is 19.1. The topological polar surface area (TPSA) is 29.9 Å². The molecule has 3 aromatic rings. The fraction of sp³-hybridized carbons (Fsp3) is 0.133. The van der Waals surface area contributed by atoms with Crippen molar-refractivity contribution < 1.29 is 8.78 Å². The maximum atomic E-state index is 13.1. The van der Waals surface area contributed by atoms with Crippen LogP contribution in [0.5, 0.6) is 0 Å². The highest BCUT2D eigenvalue weighted by Crippen LogP contribution is 2.19. The maximum absolute atomic E-state index is 13.1. The predicted octanol–water partition coefficient (Wildman–Crippen LogP) is 3.46. The van der Waals surface area contributed by atoms with Crippen molar-refractivity contribution in [1.82, 2.24) is 9.78 Å². The van der Waals surface area contributed by atoms with Gasteiger partial charge in [0.15, 0.2) is 0 Å². The minimum Gasteiger partial charge on any atom is -0.381 e. The van der Waals surface area contributed by atoms with Gasteiger partial charge in [0.2, 0.25) is 0 Å². The molecule has 5 heteroatoms. The van der Waals surface area contributed by atoms with Gasteiger partial charge in [0, 0.05) is 30.7 Å². The number of aromatic nitrogens is 2. The summed E-state index contributed by atoms with van der Waals surface area (Å²) in [6, 6.07) is 9.33. The van der Waals surface area contributed by atoms with Gasteiger partial charge < -0.3 is 5.32 Å². The van der Waals surface area contributed by atoms with E-state index in [2.05, 4.69) is 10.4 Å². The van der Waals surface area contributed by atoms with E-state index in [1.54, 1.807) is 10.9 Å². The summed E-state index contributed by atoms with van der Waals surface area (Å²) in [7, 11) is 1.88. The molecule has 0 spiro atoms. The molecule has 0 aliphatic heterocycles. The molecule has 0 fully saturated rings. The van der Waals surface area contributed by atoms with Crippen LogP contribution in [0.25, 0.3) is 10.9 Å². The Balaban J connectivity index is 1.79. The van der Waals surface area contributed by atoms with Crippen molar-refractivity contribution in [3.63, 3.8) is 0 Å². The first-order chi connectivity index (χ1) is 9.61. The highest BCUT2D eigenvalue weighted by molar-refractivity contribution is 5.82. The molecule has 102 valence electrons. The molecule has 1 aromatic heterocycles. The van der Waals surface area contributed by atoms with Gasteiger partial charge in [-0.25, -0.2) is 8.78 Å². The second kappa shape index (κ2) is 4.92. The van der Waals surface area contributed by atoms with Gasteiger partial charge >= 0.3 is 0 Å². The second-order valence-corrected chi connectivity index (χ2v) is 4.67. The van der Waals surface area contributed by atoms with Gasteiger partial charge in [-0.3, -0.25) is 4.68 Å². The Morgan fingerprint density at radius 3 is 2.60 bits per heavy atom. The van der Waals surface area contributed by atoms with Crippen molar-refractivity contribution >= 4 is 16.6 Å². The van der Waals surface area contributed by atoms with Crippen molar-refractivity contribution in [2.45, 2.75) is 6.54 Å². The maximum Gasteiger partial charge on any atom is 0.126 e. The largest absolute Gasteiger partial charge is 0.381 e. The minimum atomic E-state index is -0.565. The number of nitrogens with one attached hydrogen (secondary N) is 1. The van der Waals surface area contributed by atoms with Crippen molar-refractivity contribution in [3.05, 3.63) is 59.8 Å². The van der Waals surface area contributed by atoms with Crippen molar-refractivity contribution in [2.24, 2.45) is 7.05 Å². The first-order valence-electron chi connectivity index (χ1n) is 6.22. The van der Waals surface area contributed by atoms with Crippen LogP contribution in [-0.4, -0.2) is 9.78 Å². The molecule has 0 saturated carbocycles. The molecular weight excluding hydrogens is 260 g/mol. The molecule has 0 saturated heterocycles. The lowest BCUT2D eigenvalue weighted by molar-refractivity contribution is 0.580. The normalized spacial score (nSPS) is 10.9. The molecule has 0 amide bonds. The molecule has 3 rings (SSSR count). The van der Waals surface area contributed by atoms with Crippen LogP contribution in [-0.2, 0) is 13.6 Å². The third-order valence-corrected chi connectivity index (χ3v) is 3.17. The van der Waals surface area contributed by atoms with E-state index in [-0.39, 0.29) is 0 Å². The minimum absolute atomic E-state index is 0.362. The van der Waals surface area contributed by atoms with Gasteiger partial charge in [-0.2, -0.15) is 5.10 Å². The molecule has 1 heterocycles. The average molecular weight is 273 g/mol. The zero-order valence-corrected chi connectivity index (χ0v) is 10.9. The summed E-state index contributed by atoms with van der Waals surface area (Å²) < 4.78 is 28.0. The van der Waals surface area contributed by atoms with Gasteiger partial charge in [-0.05, 0) is 35.9 Å². The summed E-state index contributed by atoms with van der Waals surface area (Å²) in [4.78, 5) is 0. The number of fused-ring (bicyclic) bond motifs is 1. The van der Waals surface area contributed by atoms with Gasteiger partial charge in [-0.1, -0.05) is 0 Å². The Morgan fingerprint density at radius 2 is 1.85 bits per heavy atom. The molecule has 2 aromatic carbocycles. The fourth-order valence-corrected chi connectivity index (χ4v) is 2.19. The molecular formula is C15H13F2N3. The fourth-order valence-electron chi connectivity index (χ4n) is 2.19. The number of aryl methyl sites for hydroxylation is 1. The average Bonchev–Trinajstić information content (AvgIpc) is 2.77. The summed E-state index contributed by atoms with van der Waals surface area (Å²) in [5.74, 6) is -1.13.